The molecule has 0 radical (unpaired) electrons. The lowest BCUT2D eigenvalue weighted by atomic mass is 10.1. The van der Waals surface area contributed by atoms with Gasteiger partial charge in [0.05, 0.1) is 32.0 Å². The topological polar surface area (TPSA) is 91.8 Å². The van der Waals surface area contributed by atoms with Crippen molar-refractivity contribution in [3.63, 3.8) is 0 Å². The molecule has 3 N–H and O–H groups in total. The number of fused-ring (bicyclic) bond motifs is 2. The van der Waals surface area contributed by atoms with Crippen molar-refractivity contribution in [2.75, 3.05) is 5.32 Å². The summed E-state index contributed by atoms with van der Waals surface area (Å²) in [6, 6.07) is 9.01. The van der Waals surface area contributed by atoms with E-state index in [4.69, 9.17) is 11.6 Å². The molecule has 0 aliphatic carbocycles. The molecule has 0 bridgehead atoms. The Bertz CT molecular complexity index is 1560. The van der Waals surface area contributed by atoms with E-state index in [1.165, 1.54) is 34.7 Å². The number of aromatic amines is 1. The number of carbonyl (C=O) groups excluding carboxylic acids is 1. The Balaban J connectivity index is 1.38. The predicted molar refractivity (Wildman–Crippen MR) is 141 cm³/mol. The molecule has 7 nitrogen and oxygen atoms in total. The second-order valence-corrected chi connectivity index (χ2v) is 11.5. The minimum atomic E-state index is -0.639. The molecule has 2 amide bonds. The van der Waals surface area contributed by atoms with E-state index in [9.17, 15) is 9.59 Å². The molecule has 34 heavy (non-hydrogen) atoms. The maximum Gasteiger partial charge on any atom is 0.329 e. The van der Waals surface area contributed by atoms with Gasteiger partial charge >= 0.3 is 6.03 Å². The van der Waals surface area contributed by atoms with Gasteiger partial charge in [-0.25, -0.2) is 14.2 Å². The van der Waals surface area contributed by atoms with E-state index in [1.807, 2.05) is 24.4 Å². The van der Waals surface area contributed by atoms with Gasteiger partial charge in [0, 0.05) is 17.3 Å². The summed E-state index contributed by atoms with van der Waals surface area (Å²) in [5.74, 6) is -0.639. The zero-order valence-electron chi connectivity index (χ0n) is 17.8. The number of urea groups is 1. The molecule has 3 heterocycles. The second-order valence-electron chi connectivity index (χ2n) is 7.43. The number of nitrogens with zero attached hydrogens (tertiary/aromatic N) is 2. The monoisotopic (exact) mass is 515 g/mol. The fourth-order valence-corrected chi connectivity index (χ4v) is 7.01. The molecule has 0 fully saturated rings. The number of imidazole rings is 1. The van der Waals surface area contributed by atoms with Crippen molar-refractivity contribution in [1.29, 1.82) is 0 Å². The number of hydrogen-bond donors (Lipinski definition) is 3. The fraction of sp³-hybridized carbons (Fsp3) is 0.130. The van der Waals surface area contributed by atoms with Crippen molar-refractivity contribution < 1.29 is 9.18 Å². The van der Waals surface area contributed by atoms with Crippen LogP contribution in [0, 0.1) is 5.82 Å². The molecule has 11 heteroatoms. The fourth-order valence-electron chi connectivity index (χ4n) is 3.68. The Morgan fingerprint density at radius 1 is 1.35 bits per heavy atom. The number of allylic oxidation sites excluding steroid dienone is 1. The summed E-state index contributed by atoms with van der Waals surface area (Å²) in [4.78, 5) is 32.8. The van der Waals surface area contributed by atoms with Crippen LogP contribution in [-0.2, 0) is 0 Å². The third kappa shape index (κ3) is 4.36. The highest BCUT2D eigenvalue weighted by atomic mass is 35.5. The lowest BCUT2D eigenvalue weighted by Crippen LogP contribution is -2.25. The van der Waals surface area contributed by atoms with Crippen LogP contribution in [0.25, 0.3) is 27.5 Å². The van der Waals surface area contributed by atoms with Crippen molar-refractivity contribution in [3.05, 3.63) is 75.4 Å². The summed E-state index contributed by atoms with van der Waals surface area (Å²) in [5.41, 5.74) is 1.47. The zero-order chi connectivity index (χ0) is 23.8. The number of rotatable bonds is 4. The van der Waals surface area contributed by atoms with E-state index in [0.717, 1.165) is 21.6 Å². The second kappa shape index (κ2) is 9.28. The average Bonchev–Trinajstić information content (AvgIpc) is 3.45. The van der Waals surface area contributed by atoms with Crippen molar-refractivity contribution in [2.24, 2.45) is 0 Å². The number of amides is 2. The number of benzene rings is 2. The number of H-pyrrole nitrogens is 1. The normalized spacial score (nSPS) is 16.7. The van der Waals surface area contributed by atoms with Gasteiger partial charge in [-0.2, -0.15) is 0 Å². The Kier molecular flexibility index (Phi) is 6.20. The number of aromatic nitrogens is 3. The minimum absolute atomic E-state index is 0.0275. The smallest absolute Gasteiger partial charge is 0.329 e. The quantitative estimate of drug-likeness (QED) is 0.241. The van der Waals surface area contributed by atoms with Crippen LogP contribution < -0.4 is 15.6 Å². The number of halogens is 2. The van der Waals surface area contributed by atoms with E-state index in [1.54, 1.807) is 24.5 Å². The molecular weight excluding hydrogens is 497 g/mol. The van der Waals surface area contributed by atoms with E-state index in [0.29, 0.717) is 10.9 Å². The first-order chi connectivity index (χ1) is 16.4. The number of carbonyl (C=O) groups is 1. The molecule has 0 saturated carbocycles. The van der Waals surface area contributed by atoms with Gasteiger partial charge in [0.15, 0.2) is 0 Å². The SMILES string of the molecule is C/C=S(\NC(=O)Nc1ccc(-n2ccc3cc4[nH]cnc4cc3c2=O)c(F)c1)C1=CCC(Cl)S1. The number of anilines is 1. The Morgan fingerprint density at radius 3 is 2.94 bits per heavy atom. The highest BCUT2D eigenvalue weighted by Crippen LogP contribution is 2.43. The average molecular weight is 516 g/mol. The van der Waals surface area contributed by atoms with Crippen LogP contribution in [0.1, 0.15) is 13.3 Å². The summed E-state index contributed by atoms with van der Waals surface area (Å²) >= 11 is 7.64. The number of nitrogens with one attached hydrogen (secondary N) is 3. The number of hydrogen-bond acceptors (Lipinski definition) is 4. The maximum absolute atomic E-state index is 15.0. The van der Waals surface area contributed by atoms with Gasteiger partial charge in [-0.15, -0.1) is 11.6 Å². The molecule has 2 unspecified atom stereocenters. The van der Waals surface area contributed by atoms with E-state index in [-0.39, 0.29) is 21.6 Å². The highest BCUT2D eigenvalue weighted by molar-refractivity contribution is 8.30. The lowest BCUT2D eigenvalue weighted by Gasteiger charge is -2.14. The molecular formula is C23H19ClFN5O2S2. The molecule has 174 valence electrons. The maximum atomic E-state index is 15.0. The number of pyridine rings is 1. The van der Waals surface area contributed by atoms with Crippen LogP contribution in [0.3, 0.4) is 0 Å². The predicted octanol–water partition coefficient (Wildman–Crippen LogP) is 5.68. The van der Waals surface area contributed by atoms with Gasteiger partial charge in [-0.1, -0.05) is 28.5 Å². The zero-order valence-corrected chi connectivity index (χ0v) is 20.2. The minimum Gasteiger partial charge on any atom is -0.345 e. The number of alkyl halides is 1. The Labute approximate surface area is 205 Å². The Hall–Kier alpha value is -3.08. The van der Waals surface area contributed by atoms with Crippen LogP contribution in [0.4, 0.5) is 14.9 Å². The van der Waals surface area contributed by atoms with Gasteiger partial charge in [-0.3, -0.25) is 14.1 Å². The van der Waals surface area contributed by atoms with E-state index in [2.05, 4.69) is 20.0 Å². The van der Waals surface area contributed by atoms with Gasteiger partial charge < -0.3 is 10.3 Å². The first-order valence-electron chi connectivity index (χ1n) is 10.3. The van der Waals surface area contributed by atoms with Crippen molar-refractivity contribution >= 4 is 72.9 Å². The molecule has 2 aromatic carbocycles. The first-order valence-corrected chi connectivity index (χ1v) is 12.9. The van der Waals surface area contributed by atoms with Gasteiger partial charge in [-0.05, 0) is 60.5 Å². The Morgan fingerprint density at radius 2 is 2.21 bits per heavy atom. The molecule has 0 saturated heterocycles. The van der Waals surface area contributed by atoms with Gasteiger partial charge in [0.1, 0.15) is 5.82 Å². The molecule has 5 rings (SSSR count). The van der Waals surface area contributed by atoms with E-state index >= 15 is 4.39 Å². The summed E-state index contributed by atoms with van der Waals surface area (Å²) in [6.07, 6.45) is 5.85. The molecule has 2 aromatic heterocycles. The highest BCUT2D eigenvalue weighted by Gasteiger charge is 2.19. The molecule has 4 aromatic rings. The van der Waals surface area contributed by atoms with Crippen LogP contribution in [0.5, 0.6) is 0 Å². The summed E-state index contributed by atoms with van der Waals surface area (Å²) in [5, 5.41) is 5.70. The summed E-state index contributed by atoms with van der Waals surface area (Å²) < 4.78 is 20.1. The van der Waals surface area contributed by atoms with Crippen molar-refractivity contribution in [1.82, 2.24) is 19.3 Å². The van der Waals surface area contributed by atoms with Crippen LogP contribution in [0.2, 0.25) is 0 Å². The van der Waals surface area contributed by atoms with Crippen LogP contribution in [0.15, 0.2) is 64.0 Å². The van der Waals surface area contributed by atoms with Gasteiger partial charge in [0.2, 0.25) is 0 Å². The van der Waals surface area contributed by atoms with Gasteiger partial charge in [0.25, 0.3) is 5.56 Å². The molecule has 0 spiro atoms. The standard InChI is InChI=1S/C23H19ClFN5O2S2/c1-2-34(21-6-5-20(24)33-21)29-23(32)28-14-3-4-19(16(25)10-14)30-8-7-13-9-17-18(27-12-26-17)11-15(13)22(30)31/h2-4,6-12,20H,5H2,1H3,(H,26,27)(H2,28,29,32). The van der Waals surface area contributed by atoms with E-state index < -0.39 is 22.5 Å². The van der Waals surface area contributed by atoms with Crippen molar-refractivity contribution in [3.8, 4) is 5.69 Å². The summed E-state index contributed by atoms with van der Waals surface area (Å²) in [6.45, 7) is 1.86. The third-order valence-corrected chi connectivity index (χ3v) is 8.87. The third-order valence-electron chi connectivity index (χ3n) is 5.28. The summed E-state index contributed by atoms with van der Waals surface area (Å²) in [7, 11) is -0.588. The largest absolute Gasteiger partial charge is 0.345 e. The lowest BCUT2D eigenvalue weighted by molar-refractivity contribution is 0.257. The molecule has 2 atom stereocenters. The molecule has 1 aliphatic rings. The molecule has 1 aliphatic heterocycles. The number of thioether (sulfide) groups is 1. The van der Waals surface area contributed by atoms with Crippen molar-refractivity contribution in [2.45, 2.75) is 18.1 Å². The van der Waals surface area contributed by atoms with Crippen LogP contribution in [-0.4, -0.2) is 30.6 Å². The van der Waals surface area contributed by atoms with Crippen LogP contribution >= 0.6 is 34.0 Å². The first kappa shape index (κ1) is 22.7.